The normalized spacial score (nSPS) is 14.7. The molecule has 0 fully saturated rings. The van der Waals surface area contributed by atoms with Crippen molar-refractivity contribution in [3.8, 4) is 0 Å². The molecule has 0 saturated carbocycles. The van der Waals surface area contributed by atoms with Gasteiger partial charge in [-0.2, -0.15) is 0 Å². The monoisotopic (exact) mass is 339 g/mol. The molecule has 1 N–H and O–H groups in total. The highest BCUT2D eigenvalue weighted by Crippen LogP contribution is 2.24. The smallest absolute Gasteiger partial charge is 0.230 e. The number of thioether (sulfide) groups is 1. The summed E-state index contributed by atoms with van der Waals surface area (Å²) in [6.07, 6.45) is 4.97. The molecule has 0 aromatic heterocycles. The van der Waals surface area contributed by atoms with Crippen molar-refractivity contribution < 1.29 is 4.79 Å². The molecule has 2 aromatic rings. The van der Waals surface area contributed by atoms with E-state index < -0.39 is 0 Å². The predicted octanol–water partition coefficient (Wildman–Crippen LogP) is 4.68. The van der Waals surface area contributed by atoms with Gasteiger partial charge in [-0.3, -0.25) is 4.79 Å². The first kappa shape index (κ1) is 17.1. The lowest BCUT2D eigenvalue weighted by Gasteiger charge is -2.20. The van der Waals surface area contributed by atoms with Crippen LogP contribution in [0.1, 0.15) is 48.1 Å². The average Bonchev–Trinajstić information content (AvgIpc) is 2.62. The zero-order chi connectivity index (χ0) is 16.8. The standard InChI is InChI=1S/C21H25NOS/c1-16(19-12-11-18-9-5-6-10-20(18)13-19)22-21(23)15-24-14-17-7-3-2-4-8-17/h2-4,7-8,11-13,16H,5-6,9-10,14-15H2,1H3,(H,22,23)/t16-/m0/s1. The first-order chi connectivity index (χ1) is 11.7. The number of carbonyl (C=O) groups excluding carboxylic acids is 1. The summed E-state index contributed by atoms with van der Waals surface area (Å²) in [5.74, 6) is 1.49. The van der Waals surface area contributed by atoms with E-state index in [-0.39, 0.29) is 11.9 Å². The summed E-state index contributed by atoms with van der Waals surface area (Å²) in [7, 11) is 0. The fourth-order valence-electron chi connectivity index (χ4n) is 3.23. The van der Waals surface area contributed by atoms with Crippen molar-refractivity contribution >= 4 is 17.7 Å². The van der Waals surface area contributed by atoms with Crippen molar-refractivity contribution in [1.29, 1.82) is 0 Å². The topological polar surface area (TPSA) is 29.1 Å². The quantitative estimate of drug-likeness (QED) is 0.828. The molecule has 0 heterocycles. The fourth-order valence-corrected chi connectivity index (χ4v) is 4.02. The summed E-state index contributed by atoms with van der Waals surface area (Å²) in [6.45, 7) is 2.07. The summed E-state index contributed by atoms with van der Waals surface area (Å²) < 4.78 is 0. The molecule has 3 heteroatoms. The Morgan fingerprint density at radius 1 is 1.08 bits per heavy atom. The molecular weight excluding hydrogens is 314 g/mol. The highest BCUT2D eigenvalue weighted by molar-refractivity contribution is 7.99. The van der Waals surface area contributed by atoms with Crippen LogP contribution in [0.2, 0.25) is 0 Å². The van der Waals surface area contributed by atoms with Crippen LogP contribution in [-0.2, 0) is 23.4 Å². The van der Waals surface area contributed by atoms with Crippen LogP contribution in [0.25, 0.3) is 0 Å². The highest BCUT2D eigenvalue weighted by atomic mass is 32.2. The lowest BCUT2D eigenvalue weighted by atomic mass is 9.89. The molecule has 3 rings (SSSR count). The van der Waals surface area contributed by atoms with Gasteiger partial charge >= 0.3 is 0 Å². The van der Waals surface area contributed by atoms with Crippen LogP contribution in [0, 0.1) is 0 Å². The third kappa shape index (κ3) is 4.64. The number of hydrogen-bond donors (Lipinski definition) is 1. The summed E-state index contributed by atoms with van der Waals surface area (Å²) in [5.41, 5.74) is 5.44. The first-order valence-electron chi connectivity index (χ1n) is 8.75. The minimum atomic E-state index is 0.0713. The second kappa shape index (κ2) is 8.39. The van der Waals surface area contributed by atoms with Gasteiger partial charge in [0.05, 0.1) is 11.8 Å². The van der Waals surface area contributed by atoms with E-state index >= 15 is 0 Å². The van der Waals surface area contributed by atoms with Crippen LogP contribution in [0.3, 0.4) is 0 Å². The molecule has 0 unspecified atom stereocenters. The van der Waals surface area contributed by atoms with Crippen molar-refractivity contribution in [3.05, 3.63) is 70.8 Å². The Balaban J connectivity index is 1.49. The minimum absolute atomic E-state index is 0.0713. The second-order valence-electron chi connectivity index (χ2n) is 6.50. The molecule has 1 aliphatic rings. The van der Waals surface area contributed by atoms with E-state index in [0.717, 1.165) is 5.75 Å². The molecule has 1 atom stereocenters. The van der Waals surface area contributed by atoms with E-state index in [1.54, 1.807) is 11.8 Å². The van der Waals surface area contributed by atoms with Crippen molar-refractivity contribution in [3.63, 3.8) is 0 Å². The Bertz CT molecular complexity index is 683. The van der Waals surface area contributed by atoms with E-state index in [4.69, 9.17) is 0 Å². The summed E-state index contributed by atoms with van der Waals surface area (Å²) >= 11 is 1.66. The van der Waals surface area contributed by atoms with E-state index in [0.29, 0.717) is 5.75 Å². The Kier molecular flexibility index (Phi) is 5.97. The van der Waals surface area contributed by atoms with E-state index in [1.807, 2.05) is 18.2 Å². The van der Waals surface area contributed by atoms with Gasteiger partial charge in [-0.1, -0.05) is 48.5 Å². The molecule has 0 bridgehead atoms. The van der Waals surface area contributed by atoms with Gasteiger partial charge in [0.15, 0.2) is 0 Å². The minimum Gasteiger partial charge on any atom is -0.349 e. The third-order valence-electron chi connectivity index (χ3n) is 4.59. The van der Waals surface area contributed by atoms with E-state index in [9.17, 15) is 4.79 Å². The number of carbonyl (C=O) groups is 1. The maximum atomic E-state index is 12.2. The Labute approximate surface area is 149 Å². The number of nitrogens with one attached hydrogen (secondary N) is 1. The van der Waals surface area contributed by atoms with Crippen molar-refractivity contribution in [2.24, 2.45) is 0 Å². The number of benzene rings is 2. The Morgan fingerprint density at radius 3 is 2.62 bits per heavy atom. The largest absolute Gasteiger partial charge is 0.349 e. The summed E-state index contributed by atoms with van der Waals surface area (Å²) in [5, 5.41) is 3.13. The number of amides is 1. The Hall–Kier alpha value is -1.74. The second-order valence-corrected chi connectivity index (χ2v) is 7.49. The molecule has 1 aliphatic carbocycles. The van der Waals surface area contributed by atoms with Crippen LogP contribution in [0.15, 0.2) is 48.5 Å². The van der Waals surface area contributed by atoms with E-state index in [1.165, 1.54) is 47.9 Å². The van der Waals surface area contributed by atoms with Crippen LogP contribution in [-0.4, -0.2) is 11.7 Å². The molecule has 0 aliphatic heterocycles. The van der Waals surface area contributed by atoms with Gasteiger partial charge < -0.3 is 5.32 Å². The maximum absolute atomic E-state index is 12.2. The van der Waals surface area contributed by atoms with Crippen molar-refractivity contribution in [2.45, 2.75) is 44.4 Å². The average molecular weight is 340 g/mol. The number of fused-ring (bicyclic) bond motifs is 1. The van der Waals surface area contributed by atoms with Gasteiger partial charge in [0.2, 0.25) is 5.91 Å². The predicted molar refractivity (Wildman–Crippen MR) is 102 cm³/mol. The van der Waals surface area contributed by atoms with Gasteiger partial charge in [0, 0.05) is 5.75 Å². The molecule has 2 nitrogen and oxygen atoms in total. The lowest BCUT2D eigenvalue weighted by Crippen LogP contribution is -2.28. The molecule has 24 heavy (non-hydrogen) atoms. The van der Waals surface area contributed by atoms with Gasteiger partial charge in [-0.25, -0.2) is 0 Å². The maximum Gasteiger partial charge on any atom is 0.230 e. The summed E-state index contributed by atoms with van der Waals surface area (Å²) in [6, 6.07) is 17.1. The third-order valence-corrected chi connectivity index (χ3v) is 5.60. The van der Waals surface area contributed by atoms with Crippen LogP contribution < -0.4 is 5.32 Å². The highest BCUT2D eigenvalue weighted by Gasteiger charge is 2.14. The number of rotatable bonds is 6. The molecule has 0 spiro atoms. The van der Waals surface area contributed by atoms with Crippen LogP contribution in [0.4, 0.5) is 0 Å². The zero-order valence-corrected chi connectivity index (χ0v) is 15.1. The number of aryl methyl sites for hydroxylation is 2. The molecule has 0 saturated heterocycles. The molecule has 126 valence electrons. The van der Waals surface area contributed by atoms with Crippen LogP contribution >= 0.6 is 11.8 Å². The van der Waals surface area contributed by atoms with Gasteiger partial charge in [0.25, 0.3) is 0 Å². The SMILES string of the molecule is C[C@H](NC(=O)CSCc1ccccc1)c1ccc2c(c1)CCCC2. The summed E-state index contributed by atoms with van der Waals surface area (Å²) in [4.78, 5) is 12.2. The van der Waals surface area contributed by atoms with Gasteiger partial charge in [0.1, 0.15) is 0 Å². The molecule has 0 radical (unpaired) electrons. The molecule has 1 amide bonds. The number of hydrogen-bond acceptors (Lipinski definition) is 2. The molecular formula is C21H25NOS. The van der Waals surface area contributed by atoms with Gasteiger partial charge in [-0.05, 0) is 54.9 Å². The van der Waals surface area contributed by atoms with Crippen LogP contribution in [0.5, 0.6) is 0 Å². The molecule has 2 aromatic carbocycles. The van der Waals surface area contributed by atoms with Gasteiger partial charge in [-0.15, -0.1) is 11.8 Å². The Morgan fingerprint density at radius 2 is 1.83 bits per heavy atom. The zero-order valence-electron chi connectivity index (χ0n) is 14.3. The van der Waals surface area contributed by atoms with Crippen molar-refractivity contribution in [1.82, 2.24) is 5.32 Å². The fraction of sp³-hybridized carbons (Fsp3) is 0.381. The first-order valence-corrected chi connectivity index (χ1v) is 9.90. The van der Waals surface area contributed by atoms with E-state index in [2.05, 4.69) is 42.6 Å². The lowest BCUT2D eigenvalue weighted by molar-refractivity contribution is -0.119. The van der Waals surface area contributed by atoms with Crippen molar-refractivity contribution in [2.75, 3.05) is 5.75 Å².